The number of hydrazone groups is 1. The molecule has 1 aliphatic rings. The third kappa shape index (κ3) is 8.01. The van der Waals surface area contributed by atoms with Crippen molar-refractivity contribution in [3.63, 3.8) is 0 Å². The van der Waals surface area contributed by atoms with E-state index in [1.54, 1.807) is 30.3 Å². The van der Waals surface area contributed by atoms with Crippen molar-refractivity contribution in [1.29, 1.82) is 0 Å². The van der Waals surface area contributed by atoms with Gasteiger partial charge in [-0.25, -0.2) is 5.43 Å². The van der Waals surface area contributed by atoms with E-state index in [0.29, 0.717) is 61.4 Å². The quantitative estimate of drug-likeness (QED) is 0.222. The zero-order valence-electron chi connectivity index (χ0n) is 20.6. The van der Waals surface area contributed by atoms with Gasteiger partial charge in [-0.05, 0) is 67.8 Å². The Balaban J connectivity index is 1.27. The van der Waals surface area contributed by atoms with Gasteiger partial charge in [-0.1, -0.05) is 29.8 Å². The standard InChI is InChI=1S/C28H31ClN4O4/c29-23-11-9-21(10-12-23)26-14-13-24(37-26)20-31-32-28(35)25(33-16-18-36-19-17-33)8-4-5-15-30-27(34)22-6-2-1-3-7-22/h1-3,6-7,9-14,20,25H,4-5,8,15-19H2,(H,30,34)(H,32,35)/b31-20+/t25-/m1/s1. The monoisotopic (exact) mass is 522 g/mol. The van der Waals surface area contributed by atoms with Gasteiger partial charge < -0.3 is 14.5 Å². The minimum atomic E-state index is -0.327. The summed E-state index contributed by atoms with van der Waals surface area (Å²) in [6.45, 7) is 3.13. The van der Waals surface area contributed by atoms with E-state index in [-0.39, 0.29) is 17.9 Å². The van der Waals surface area contributed by atoms with Crippen LogP contribution in [0.25, 0.3) is 11.3 Å². The number of rotatable bonds is 11. The molecule has 0 spiro atoms. The molecule has 9 heteroatoms. The van der Waals surface area contributed by atoms with E-state index in [1.807, 2.05) is 36.4 Å². The summed E-state index contributed by atoms with van der Waals surface area (Å²) < 4.78 is 11.3. The van der Waals surface area contributed by atoms with Gasteiger partial charge >= 0.3 is 0 Å². The highest BCUT2D eigenvalue weighted by Gasteiger charge is 2.27. The van der Waals surface area contributed by atoms with Gasteiger partial charge in [0, 0.05) is 35.8 Å². The molecular formula is C28H31ClN4O4. The van der Waals surface area contributed by atoms with Crippen molar-refractivity contribution < 1.29 is 18.7 Å². The molecule has 0 unspecified atom stereocenters. The lowest BCUT2D eigenvalue weighted by molar-refractivity contribution is -0.128. The number of nitrogens with one attached hydrogen (secondary N) is 2. The van der Waals surface area contributed by atoms with Crippen LogP contribution in [0.4, 0.5) is 0 Å². The molecule has 194 valence electrons. The van der Waals surface area contributed by atoms with Crippen LogP contribution in [0.5, 0.6) is 0 Å². The first-order chi connectivity index (χ1) is 18.1. The van der Waals surface area contributed by atoms with Crippen molar-refractivity contribution >= 4 is 29.6 Å². The molecule has 1 aromatic heterocycles. The SMILES string of the molecule is O=C(NCCCC[C@H](C(=O)N/N=C/c1ccc(-c2ccc(Cl)cc2)o1)N1CCOCC1)c1ccccc1. The first-order valence-corrected chi connectivity index (χ1v) is 12.8. The minimum absolute atomic E-state index is 0.0884. The molecule has 1 aliphatic heterocycles. The highest BCUT2D eigenvalue weighted by atomic mass is 35.5. The number of carbonyl (C=O) groups is 2. The fourth-order valence-corrected chi connectivity index (χ4v) is 4.28. The van der Waals surface area contributed by atoms with Crippen LogP contribution in [0, 0.1) is 0 Å². The van der Waals surface area contributed by atoms with Gasteiger partial charge in [-0.3, -0.25) is 14.5 Å². The van der Waals surface area contributed by atoms with E-state index >= 15 is 0 Å². The van der Waals surface area contributed by atoms with Gasteiger partial charge in [0.2, 0.25) is 0 Å². The number of benzene rings is 2. The first kappa shape index (κ1) is 26.6. The molecule has 0 radical (unpaired) electrons. The molecule has 0 aliphatic carbocycles. The Labute approximate surface area is 221 Å². The van der Waals surface area contributed by atoms with E-state index in [9.17, 15) is 9.59 Å². The molecule has 2 aromatic carbocycles. The number of nitrogens with zero attached hydrogens (tertiary/aromatic N) is 2. The summed E-state index contributed by atoms with van der Waals surface area (Å²) in [5.74, 6) is 0.961. The summed E-state index contributed by atoms with van der Waals surface area (Å²) in [5, 5.41) is 7.72. The average Bonchev–Trinajstić information content (AvgIpc) is 3.40. The lowest BCUT2D eigenvalue weighted by Gasteiger charge is -2.33. The van der Waals surface area contributed by atoms with Crippen LogP contribution < -0.4 is 10.7 Å². The van der Waals surface area contributed by atoms with Gasteiger partial charge in [0.15, 0.2) is 0 Å². The van der Waals surface area contributed by atoms with Gasteiger partial charge in [-0.2, -0.15) is 5.10 Å². The number of unbranched alkanes of at least 4 members (excludes halogenated alkanes) is 1. The van der Waals surface area contributed by atoms with Crippen LogP contribution >= 0.6 is 11.6 Å². The van der Waals surface area contributed by atoms with E-state index in [0.717, 1.165) is 18.4 Å². The Bertz CT molecular complexity index is 1170. The lowest BCUT2D eigenvalue weighted by atomic mass is 10.1. The van der Waals surface area contributed by atoms with Crippen molar-refractivity contribution in [1.82, 2.24) is 15.6 Å². The zero-order valence-corrected chi connectivity index (χ0v) is 21.3. The molecule has 1 fully saturated rings. The average molecular weight is 523 g/mol. The second-order valence-corrected chi connectivity index (χ2v) is 9.16. The summed E-state index contributed by atoms with van der Waals surface area (Å²) in [6.07, 6.45) is 3.71. The Morgan fingerprint density at radius 1 is 1.00 bits per heavy atom. The van der Waals surface area contributed by atoms with Gasteiger partial charge in [0.25, 0.3) is 11.8 Å². The smallest absolute Gasteiger partial charge is 0.257 e. The van der Waals surface area contributed by atoms with E-state index in [4.69, 9.17) is 20.8 Å². The zero-order chi connectivity index (χ0) is 25.9. The van der Waals surface area contributed by atoms with Crippen LogP contribution in [0.1, 0.15) is 35.4 Å². The van der Waals surface area contributed by atoms with Crippen LogP contribution in [0.2, 0.25) is 5.02 Å². The molecule has 0 bridgehead atoms. The normalized spacial score (nSPS) is 14.9. The molecule has 2 N–H and O–H groups in total. The summed E-state index contributed by atoms with van der Waals surface area (Å²) in [4.78, 5) is 27.4. The van der Waals surface area contributed by atoms with Crippen molar-refractivity contribution in [3.05, 3.63) is 83.1 Å². The molecular weight excluding hydrogens is 492 g/mol. The Kier molecular flexibility index (Phi) is 9.88. The fourth-order valence-electron chi connectivity index (χ4n) is 4.15. The van der Waals surface area contributed by atoms with Crippen LogP contribution in [0.3, 0.4) is 0 Å². The fraction of sp³-hybridized carbons (Fsp3) is 0.321. The van der Waals surface area contributed by atoms with Gasteiger partial charge in [-0.15, -0.1) is 0 Å². The molecule has 37 heavy (non-hydrogen) atoms. The molecule has 4 rings (SSSR count). The van der Waals surface area contributed by atoms with Crippen molar-refractivity contribution in [2.75, 3.05) is 32.8 Å². The molecule has 2 heterocycles. The maximum atomic E-state index is 13.0. The van der Waals surface area contributed by atoms with E-state index < -0.39 is 0 Å². The van der Waals surface area contributed by atoms with Gasteiger partial charge in [0.05, 0.1) is 25.5 Å². The summed E-state index contributed by atoms with van der Waals surface area (Å²) in [6, 6.07) is 19.8. The van der Waals surface area contributed by atoms with E-state index in [2.05, 4.69) is 20.7 Å². The Morgan fingerprint density at radius 3 is 2.51 bits per heavy atom. The minimum Gasteiger partial charge on any atom is -0.455 e. The maximum Gasteiger partial charge on any atom is 0.257 e. The summed E-state index contributed by atoms with van der Waals surface area (Å²) in [5.41, 5.74) is 4.21. The number of halogens is 1. The van der Waals surface area contributed by atoms with Crippen molar-refractivity contribution in [3.8, 4) is 11.3 Å². The largest absolute Gasteiger partial charge is 0.455 e. The van der Waals surface area contributed by atoms with Crippen molar-refractivity contribution in [2.45, 2.75) is 25.3 Å². The first-order valence-electron chi connectivity index (χ1n) is 12.4. The molecule has 1 atom stereocenters. The van der Waals surface area contributed by atoms with Gasteiger partial charge in [0.1, 0.15) is 11.5 Å². The number of amides is 2. The second kappa shape index (κ2) is 13.7. The molecule has 3 aromatic rings. The molecule has 0 saturated carbocycles. The highest BCUT2D eigenvalue weighted by Crippen LogP contribution is 2.23. The third-order valence-corrected chi connectivity index (χ3v) is 6.39. The summed E-state index contributed by atoms with van der Waals surface area (Å²) >= 11 is 5.95. The van der Waals surface area contributed by atoms with E-state index in [1.165, 1.54) is 6.21 Å². The predicted octanol–water partition coefficient (Wildman–Crippen LogP) is 4.35. The topological polar surface area (TPSA) is 96.2 Å². The third-order valence-electron chi connectivity index (χ3n) is 6.14. The predicted molar refractivity (Wildman–Crippen MR) is 144 cm³/mol. The van der Waals surface area contributed by atoms with Crippen LogP contribution in [-0.2, 0) is 9.53 Å². The number of ether oxygens (including phenoxy) is 1. The lowest BCUT2D eigenvalue weighted by Crippen LogP contribution is -2.50. The number of hydrogen-bond acceptors (Lipinski definition) is 6. The van der Waals surface area contributed by atoms with Crippen molar-refractivity contribution in [2.24, 2.45) is 5.10 Å². The number of hydrogen-bond donors (Lipinski definition) is 2. The molecule has 1 saturated heterocycles. The molecule has 2 amide bonds. The summed E-state index contributed by atoms with van der Waals surface area (Å²) in [7, 11) is 0. The number of morpholine rings is 1. The molecule has 8 nitrogen and oxygen atoms in total. The number of furan rings is 1. The van der Waals surface area contributed by atoms with Crippen LogP contribution in [0.15, 0.2) is 76.2 Å². The van der Waals surface area contributed by atoms with Crippen LogP contribution in [-0.4, -0.2) is 61.8 Å². The maximum absolute atomic E-state index is 13.0. The second-order valence-electron chi connectivity index (χ2n) is 8.73. The Hall–Kier alpha value is -3.46. The Morgan fingerprint density at radius 2 is 1.76 bits per heavy atom. The highest BCUT2D eigenvalue weighted by molar-refractivity contribution is 6.30. The number of carbonyl (C=O) groups excluding carboxylic acids is 2.